The summed E-state index contributed by atoms with van der Waals surface area (Å²) in [6.45, 7) is -0.376. The van der Waals surface area contributed by atoms with Crippen LogP contribution in [0.25, 0.3) is 6.08 Å². The minimum Gasteiger partial charge on any atom is -0.497 e. The Kier molecular flexibility index (Phi) is 9.64. The molecule has 0 aromatic heterocycles. The van der Waals surface area contributed by atoms with E-state index in [-0.39, 0.29) is 28.7 Å². The van der Waals surface area contributed by atoms with Crippen molar-refractivity contribution in [3.8, 4) is 23.3 Å². The van der Waals surface area contributed by atoms with Gasteiger partial charge in [0.2, 0.25) is 0 Å². The van der Waals surface area contributed by atoms with Crippen molar-refractivity contribution >= 4 is 64.1 Å². The number of nitrogens with one attached hydrogen (secondary N) is 2. The van der Waals surface area contributed by atoms with Gasteiger partial charge in [0, 0.05) is 11.4 Å². The molecule has 3 aromatic carbocycles. The van der Waals surface area contributed by atoms with Crippen molar-refractivity contribution in [1.29, 1.82) is 5.26 Å². The molecule has 0 bridgehead atoms. The molecule has 0 aliphatic rings. The van der Waals surface area contributed by atoms with Crippen LogP contribution in [0.1, 0.15) is 5.56 Å². The van der Waals surface area contributed by atoms with E-state index < -0.39 is 11.8 Å². The van der Waals surface area contributed by atoms with Crippen molar-refractivity contribution in [3.63, 3.8) is 0 Å². The summed E-state index contributed by atoms with van der Waals surface area (Å²) in [5.41, 5.74) is 1.18. The van der Waals surface area contributed by atoms with Gasteiger partial charge in [-0.25, -0.2) is 0 Å². The van der Waals surface area contributed by atoms with E-state index in [1.807, 2.05) is 6.07 Å². The first-order valence-electron chi connectivity index (χ1n) is 10.6. The highest BCUT2D eigenvalue weighted by Crippen LogP contribution is 2.37. The summed E-state index contributed by atoms with van der Waals surface area (Å²) in [6.07, 6.45) is 1.36. The van der Waals surface area contributed by atoms with Crippen LogP contribution in [0.4, 0.5) is 11.4 Å². The summed E-state index contributed by atoms with van der Waals surface area (Å²) in [7, 11) is 2.93. The van der Waals surface area contributed by atoms with E-state index in [0.29, 0.717) is 32.7 Å². The highest BCUT2D eigenvalue weighted by atomic mass is 35.5. The van der Waals surface area contributed by atoms with Crippen LogP contribution in [0.5, 0.6) is 17.2 Å². The molecule has 3 rings (SSSR count). The van der Waals surface area contributed by atoms with Gasteiger partial charge in [0.05, 0.1) is 29.3 Å². The number of hydrogen-bond acceptors (Lipinski definition) is 6. The maximum Gasteiger partial charge on any atom is 0.266 e. The number of methoxy groups -OCH3 is 2. The molecule has 37 heavy (non-hydrogen) atoms. The molecule has 2 amide bonds. The fraction of sp³-hybridized carbons (Fsp3) is 0.115. The number of rotatable bonds is 9. The maximum absolute atomic E-state index is 12.6. The highest BCUT2D eigenvalue weighted by Gasteiger charge is 2.16. The summed E-state index contributed by atoms with van der Waals surface area (Å²) in [6, 6.07) is 16.2. The fourth-order valence-electron chi connectivity index (χ4n) is 3.06. The first-order valence-corrected chi connectivity index (χ1v) is 11.7. The lowest BCUT2D eigenvalue weighted by Gasteiger charge is -2.14. The van der Waals surface area contributed by atoms with Crippen LogP contribution in [-0.4, -0.2) is 32.6 Å². The van der Waals surface area contributed by atoms with Gasteiger partial charge in [-0.2, -0.15) is 5.26 Å². The van der Waals surface area contributed by atoms with Crippen LogP contribution in [0.2, 0.25) is 15.1 Å². The molecule has 3 aromatic rings. The normalized spacial score (nSPS) is 10.8. The van der Waals surface area contributed by atoms with E-state index in [0.717, 1.165) is 0 Å². The lowest BCUT2D eigenvalue weighted by molar-refractivity contribution is -0.118. The van der Waals surface area contributed by atoms with Gasteiger partial charge in [-0.05, 0) is 66.2 Å². The smallest absolute Gasteiger partial charge is 0.266 e. The second-order valence-corrected chi connectivity index (χ2v) is 8.57. The summed E-state index contributed by atoms with van der Waals surface area (Å²) in [4.78, 5) is 24.9. The third kappa shape index (κ3) is 7.54. The highest BCUT2D eigenvalue weighted by molar-refractivity contribution is 6.42. The molecule has 11 heteroatoms. The summed E-state index contributed by atoms with van der Waals surface area (Å²) in [5.74, 6) is -0.129. The van der Waals surface area contributed by atoms with Crippen LogP contribution >= 0.6 is 34.8 Å². The quantitative estimate of drug-likeness (QED) is 0.237. The van der Waals surface area contributed by atoms with Gasteiger partial charge >= 0.3 is 0 Å². The molecule has 8 nitrogen and oxygen atoms in total. The minimum absolute atomic E-state index is 0.112. The summed E-state index contributed by atoms with van der Waals surface area (Å²) < 4.78 is 16.0. The van der Waals surface area contributed by atoms with Crippen molar-refractivity contribution < 1.29 is 23.8 Å². The Morgan fingerprint density at radius 3 is 2.22 bits per heavy atom. The number of carbonyl (C=O) groups is 2. The SMILES string of the molecule is COc1ccc(NC(=O)/C(C#N)=C\c2cc(Cl)c(OCC(=O)Nc3ccc(Cl)c(Cl)c3)c(OC)c2)cc1. The van der Waals surface area contributed by atoms with Crippen molar-refractivity contribution in [1.82, 2.24) is 0 Å². The van der Waals surface area contributed by atoms with Crippen molar-refractivity contribution in [2.75, 3.05) is 31.5 Å². The Morgan fingerprint density at radius 2 is 1.59 bits per heavy atom. The van der Waals surface area contributed by atoms with Crippen LogP contribution in [0.3, 0.4) is 0 Å². The number of halogens is 3. The predicted molar refractivity (Wildman–Crippen MR) is 144 cm³/mol. The Balaban J connectivity index is 1.72. The van der Waals surface area contributed by atoms with E-state index >= 15 is 0 Å². The zero-order valence-electron chi connectivity index (χ0n) is 19.6. The second kappa shape index (κ2) is 12.9. The van der Waals surface area contributed by atoms with Gasteiger partial charge in [-0.1, -0.05) is 34.8 Å². The number of nitrogens with zero attached hydrogens (tertiary/aromatic N) is 1. The number of hydrogen-bond donors (Lipinski definition) is 2. The zero-order valence-corrected chi connectivity index (χ0v) is 21.9. The van der Waals surface area contributed by atoms with Crippen LogP contribution in [0.15, 0.2) is 60.2 Å². The van der Waals surface area contributed by atoms with Crippen molar-refractivity contribution in [3.05, 3.63) is 80.8 Å². The molecule has 190 valence electrons. The number of ether oxygens (including phenoxy) is 3. The van der Waals surface area contributed by atoms with Gasteiger partial charge in [0.25, 0.3) is 11.8 Å². The molecule has 0 unspecified atom stereocenters. The first kappa shape index (κ1) is 27.7. The van der Waals surface area contributed by atoms with Gasteiger partial charge < -0.3 is 24.8 Å². The fourth-order valence-corrected chi connectivity index (χ4v) is 3.63. The molecular weight excluding hydrogens is 541 g/mol. The molecule has 0 fully saturated rings. The Labute approximate surface area is 228 Å². The van der Waals surface area contributed by atoms with E-state index in [1.54, 1.807) is 36.4 Å². The van der Waals surface area contributed by atoms with E-state index in [9.17, 15) is 14.9 Å². The van der Waals surface area contributed by atoms with Crippen LogP contribution in [0, 0.1) is 11.3 Å². The summed E-state index contributed by atoms with van der Waals surface area (Å²) in [5, 5.41) is 15.6. The third-order valence-corrected chi connectivity index (χ3v) is 5.85. The number of carbonyl (C=O) groups excluding carboxylic acids is 2. The van der Waals surface area contributed by atoms with E-state index in [2.05, 4.69) is 10.6 Å². The van der Waals surface area contributed by atoms with Gasteiger partial charge in [0.1, 0.15) is 17.4 Å². The number of anilines is 2. The van der Waals surface area contributed by atoms with Crippen LogP contribution < -0.4 is 24.8 Å². The van der Waals surface area contributed by atoms with Crippen molar-refractivity contribution in [2.24, 2.45) is 0 Å². The average molecular weight is 561 g/mol. The largest absolute Gasteiger partial charge is 0.497 e. The molecule has 0 heterocycles. The average Bonchev–Trinajstić information content (AvgIpc) is 2.88. The lowest BCUT2D eigenvalue weighted by Crippen LogP contribution is -2.20. The maximum atomic E-state index is 12.6. The number of benzene rings is 3. The van der Waals surface area contributed by atoms with Gasteiger partial charge in [-0.15, -0.1) is 0 Å². The molecule has 0 aliphatic heterocycles. The molecule has 0 radical (unpaired) electrons. The monoisotopic (exact) mass is 559 g/mol. The third-order valence-electron chi connectivity index (χ3n) is 4.83. The Bertz CT molecular complexity index is 1390. The van der Waals surface area contributed by atoms with Crippen molar-refractivity contribution in [2.45, 2.75) is 0 Å². The molecule has 0 saturated heterocycles. The van der Waals surface area contributed by atoms with Crippen LogP contribution in [-0.2, 0) is 9.59 Å². The Hall–Kier alpha value is -3.90. The molecule has 0 spiro atoms. The lowest BCUT2D eigenvalue weighted by atomic mass is 10.1. The summed E-state index contributed by atoms with van der Waals surface area (Å²) >= 11 is 18.2. The molecule has 2 N–H and O–H groups in total. The van der Waals surface area contributed by atoms with E-state index in [1.165, 1.54) is 38.5 Å². The zero-order chi connectivity index (χ0) is 26.9. The first-order chi connectivity index (χ1) is 17.7. The molecule has 0 atom stereocenters. The van der Waals surface area contributed by atoms with E-state index in [4.69, 9.17) is 49.0 Å². The number of amides is 2. The standard InChI is InChI=1S/C26H20Cl3N3O5/c1-35-19-6-3-17(4-7-19)32-26(34)16(13-30)9-15-10-22(29)25(23(11-15)36-2)37-14-24(33)31-18-5-8-20(27)21(28)12-18/h3-12H,14H2,1-2H3,(H,31,33)(H,32,34)/b16-9-. The number of nitriles is 1. The topological polar surface area (TPSA) is 110 Å². The molecule has 0 aliphatic carbocycles. The second-order valence-electron chi connectivity index (χ2n) is 7.35. The van der Waals surface area contributed by atoms with Gasteiger partial charge in [0.15, 0.2) is 18.1 Å². The predicted octanol–water partition coefficient (Wildman–Crippen LogP) is 6.23. The molecular formula is C26H20Cl3N3O5. The van der Waals surface area contributed by atoms with Gasteiger partial charge in [-0.3, -0.25) is 9.59 Å². The molecule has 0 saturated carbocycles. The minimum atomic E-state index is -0.609. The Morgan fingerprint density at radius 1 is 0.892 bits per heavy atom.